The molecule has 40 valence electrons. The van der Waals surface area contributed by atoms with E-state index in [2.05, 4.69) is 22.6 Å². The summed E-state index contributed by atoms with van der Waals surface area (Å²) in [6.45, 7) is -0.278. The van der Waals surface area contributed by atoms with Gasteiger partial charge in [-0.1, -0.05) is 28.9 Å². The molecule has 1 atom stereocenters. The molecule has 0 aliphatic rings. The van der Waals surface area contributed by atoms with E-state index in [1.165, 1.54) is 0 Å². The normalized spacial score (nSPS) is 14.0. The van der Waals surface area contributed by atoms with Crippen molar-refractivity contribution in [3.63, 3.8) is 0 Å². The van der Waals surface area contributed by atoms with Crippen molar-refractivity contribution in [2.45, 2.75) is 6.32 Å². The van der Waals surface area contributed by atoms with E-state index in [9.17, 15) is 4.39 Å². The Hall–Kier alpha value is 0.725. The third-order valence-electron chi connectivity index (χ3n) is 0.770. The van der Waals surface area contributed by atoms with E-state index in [1.54, 1.807) is 0 Å². The fraction of sp³-hybridized carbons (Fsp3) is 1.00. The van der Waals surface area contributed by atoms with E-state index in [4.69, 9.17) is 7.85 Å². The van der Waals surface area contributed by atoms with Crippen LogP contribution in [0.3, 0.4) is 0 Å². The standard InChI is InChI=1S/C4H7BFI/c5-1-4(2-6)3-7/h4H,1-3H2. The van der Waals surface area contributed by atoms with Gasteiger partial charge in [0.05, 0.1) is 14.5 Å². The molecule has 0 aliphatic carbocycles. The van der Waals surface area contributed by atoms with Crippen molar-refractivity contribution in [2.24, 2.45) is 5.92 Å². The van der Waals surface area contributed by atoms with Crippen LogP contribution in [0.1, 0.15) is 0 Å². The Morgan fingerprint density at radius 2 is 2.29 bits per heavy atom. The Morgan fingerprint density at radius 1 is 1.71 bits per heavy atom. The van der Waals surface area contributed by atoms with Gasteiger partial charge in [-0.2, -0.15) is 0 Å². The van der Waals surface area contributed by atoms with Gasteiger partial charge in [0.15, 0.2) is 0 Å². The smallest absolute Gasteiger partial charge is 0.0922 e. The molecule has 0 saturated heterocycles. The Morgan fingerprint density at radius 3 is 2.29 bits per heavy atom. The molecule has 0 amide bonds. The molecule has 0 rings (SSSR count). The van der Waals surface area contributed by atoms with Gasteiger partial charge in [-0.15, -0.1) is 0 Å². The Balaban J connectivity index is 2.99. The van der Waals surface area contributed by atoms with Crippen LogP contribution in [0.15, 0.2) is 0 Å². The van der Waals surface area contributed by atoms with E-state index < -0.39 is 0 Å². The number of halogens is 2. The molecule has 1 unspecified atom stereocenters. The number of hydrogen-bond acceptors (Lipinski definition) is 0. The average Bonchev–Trinajstić information content (AvgIpc) is 1.72. The molecule has 0 fully saturated rings. The molecule has 0 bridgehead atoms. The lowest BCUT2D eigenvalue weighted by Crippen LogP contribution is -2.01. The second-order valence-corrected chi connectivity index (χ2v) is 2.29. The SMILES string of the molecule is [B]CC(CF)CI. The van der Waals surface area contributed by atoms with Crippen molar-refractivity contribution in [1.82, 2.24) is 0 Å². The van der Waals surface area contributed by atoms with Crippen LogP contribution in [0, 0.1) is 5.92 Å². The van der Waals surface area contributed by atoms with Gasteiger partial charge < -0.3 is 0 Å². The predicted molar refractivity (Wildman–Crippen MR) is 38.9 cm³/mol. The molecule has 0 nitrogen and oxygen atoms in total. The number of hydrogen-bond donors (Lipinski definition) is 0. The Bertz CT molecular complexity index is 33.2. The molecule has 7 heavy (non-hydrogen) atoms. The van der Waals surface area contributed by atoms with Crippen molar-refractivity contribution in [2.75, 3.05) is 11.1 Å². The summed E-state index contributed by atoms with van der Waals surface area (Å²) in [5, 5.41) is 0. The zero-order valence-electron chi connectivity index (χ0n) is 4.03. The monoisotopic (exact) mass is 212 g/mol. The first-order valence-corrected chi connectivity index (χ1v) is 3.69. The summed E-state index contributed by atoms with van der Waals surface area (Å²) in [6.07, 6.45) is 0.472. The highest BCUT2D eigenvalue weighted by Crippen LogP contribution is 2.05. The zero-order chi connectivity index (χ0) is 5.70. The molecule has 0 spiro atoms. The first-order valence-electron chi connectivity index (χ1n) is 2.17. The quantitative estimate of drug-likeness (QED) is 0.378. The fourth-order valence-corrected chi connectivity index (χ4v) is 0.762. The maximum Gasteiger partial charge on any atom is 0.0922 e. The van der Waals surface area contributed by atoms with E-state index in [-0.39, 0.29) is 12.6 Å². The van der Waals surface area contributed by atoms with Crippen LogP contribution < -0.4 is 0 Å². The highest BCUT2D eigenvalue weighted by molar-refractivity contribution is 14.1. The first kappa shape index (κ1) is 7.72. The average molecular weight is 212 g/mol. The van der Waals surface area contributed by atoms with E-state index in [0.29, 0.717) is 6.32 Å². The Labute approximate surface area is 58.4 Å². The van der Waals surface area contributed by atoms with Gasteiger partial charge in [-0.25, -0.2) is 0 Å². The van der Waals surface area contributed by atoms with Crippen molar-refractivity contribution >= 4 is 30.4 Å². The lowest BCUT2D eigenvalue weighted by atomic mass is 9.94. The van der Waals surface area contributed by atoms with Gasteiger partial charge in [0.2, 0.25) is 0 Å². The third-order valence-corrected chi connectivity index (χ3v) is 2.02. The van der Waals surface area contributed by atoms with E-state index >= 15 is 0 Å². The topological polar surface area (TPSA) is 0 Å². The summed E-state index contributed by atoms with van der Waals surface area (Å²) in [6, 6.07) is 0. The van der Waals surface area contributed by atoms with Gasteiger partial charge in [0, 0.05) is 4.43 Å². The van der Waals surface area contributed by atoms with Crippen molar-refractivity contribution in [3.8, 4) is 0 Å². The highest BCUT2D eigenvalue weighted by atomic mass is 127. The van der Waals surface area contributed by atoms with Crippen LogP contribution in [-0.2, 0) is 0 Å². The van der Waals surface area contributed by atoms with Crippen LogP contribution >= 0.6 is 22.6 Å². The molecule has 0 aliphatic heterocycles. The molecule has 0 N–H and O–H groups in total. The van der Waals surface area contributed by atoms with Crippen LogP contribution in [0.2, 0.25) is 6.32 Å². The minimum absolute atomic E-state index is 0.0839. The zero-order valence-corrected chi connectivity index (χ0v) is 6.19. The summed E-state index contributed by atoms with van der Waals surface area (Å²) in [7, 11) is 5.15. The number of alkyl halides is 2. The lowest BCUT2D eigenvalue weighted by molar-refractivity contribution is 0.412. The summed E-state index contributed by atoms with van der Waals surface area (Å²) < 4.78 is 12.4. The molecular weight excluding hydrogens is 205 g/mol. The third kappa shape index (κ3) is 3.32. The Kier molecular flexibility index (Phi) is 5.38. The van der Waals surface area contributed by atoms with Crippen LogP contribution in [0.5, 0.6) is 0 Å². The summed E-state index contributed by atoms with van der Waals surface area (Å²) in [5.41, 5.74) is 0. The molecule has 0 aromatic rings. The van der Waals surface area contributed by atoms with E-state index in [0.717, 1.165) is 4.43 Å². The molecule has 0 heterocycles. The van der Waals surface area contributed by atoms with Crippen molar-refractivity contribution < 1.29 is 4.39 Å². The minimum Gasteiger partial charge on any atom is -0.251 e. The molecular formula is C4H7BFI. The molecule has 3 heteroatoms. The molecule has 0 aromatic heterocycles. The summed E-state index contributed by atoms with van der Waals surface area (Å²) in [4.78, 5) is 0. The second kappa shape index (κ2) is 4.87. The number of rotatable bonds is 3. The summed E-state index contributed by atoms with van der Waals surface area (Å²) in [5.74, 6) is 0.0839. The van der Waals surface area contributed by atoms with Crippen LogP contribution in [0.25, 0.3) is 0 Å². The van der Waals surface area contributed by atoms with Crippen LogP contribution in [0.4, 0.5) is 4.39 Å². The van der Waals surface area contributed by atoms with Crippen molar-refractivity contribution in [1.29, 1.82) is 0 Å². The lowest BCUT2D eigenvalue weighted by Gasteiger charge is -2.01. The largest absolute Gasteiger partial charge is 0.251 e. The second-order valence-electron chi connectivity index (χ2n) is 1.41. The van der Waals surface area contributed by atoms with Gasteiger partial charge in [0.25, 0.3) is 0 Å². The van der Waals surface area contributed by atoms with Gasteiger partial charge >= 0.3 is 0 Å². The maximum absolute atomic E-state index is 11.6. The van der Waals surface area contributed by atoms with Gasteiger partial charge in [-0.3, -0.25) is 4.39 Å². The molecule has 0 saturated carbocycles. The first-order chi connectivity index (χ1) is 3.35. The van der Waals surface area contributed by atoms with E-state index in [1.807, 2.05) is 0 Å². The highest BCUT2D eigenvalue weighted by Gasteiger charge is 1.99. The van der Waals surface area contributed by atoms with Crippen LogP contribution in [-0.4, -0.2) is 18.9 Å². The fourth-order valence-electron chi connectivity index (χ4n) is 0.167. The predicted octanol–water partition coefficient (Wildman–Crippen LogP) is 1.59. The minimum atomic E-state index is -0.278. The molecule has 2 radical (unpaired) electrons. The van der Waals surface area contributed by atoms with Gasteiger partial charge in [-0.05, 0) is 5.92 Å². The summed E-state index contributed by atoms with van der Waals surface area (Å²) >= 11 is 2.13. The van der Waals surface area contributed by atoms with Crippen molar-refractivity contribution in [3.05, 3.63) is 0 Å². The maximum atomic E-state index is 11.6. The van der Waals surface area contributed by atoms with Gasteiger partial charge in [0.1, 0.15) is 0 Å². The molecule has 0 aromatic carbocycles.